The molecule has 0 spiro atoms. The molecular weight excluding hydrogens is 400 g/mol. The van der Waals surface area contributed by atoms with Crippen molar-refractivity contribution < 1.29 is 23.9 Å². The number of alkyl carbamates (subject to hydrolysis) is 1. The molecule has 1 aromatic rings. The molecule has 31 heavy (non-hydrogen) atoms. The molecule has 0 saturated heterocycles. The molecule has 1 atom stereocenters. The second-order valence-corrected chi connectivity index (χ2v) is 7.61. The second-order valence-electron chi connectivity index (χ2n) is 7.61. The van der Waals surface area contributed by atoms with Crippen molar-refractivity contribution in [3.63, 3.8) is 0 Å². The van der Waals surface area contributed by atoms with Crippen LogP contribution in [0.2, 0.25) is 0 Å². The van der Waals surface area contributed by atoms with Crippen LogP contribution >= 0.6 is 0 Å². The monoisotopic (exact) mass is 430 g/mol. The largest absolute Gasteiger partial charge is 0.445 e. The lowest BCUT2D eigenvalue weighted by atomic mass is 9.84. The molecule has 0 aliphatic heterocycles. The predicted octanol–water partition coefficient (Wildman–Crippen LogP) is 1.83. The lowest BCUT2D eigenvalue weighted by Crippen LogP contribution is -2.49. The summed E-state index contributed by atoms with van der Waals surface area (Å²) in [4.78, 5) is 47.9. The maximum atomic E-state index is 12.8. The van der Waals surface area contributed by atoms with E-state index in [2.05, 4.69) is 16.0 Å². The molecule has 168 valence electrons. The SMILES string of the molecule is CC(=O)N/C=C(/NC(=O)[C@H](CC1CCCCC1)NC(=O)OCc1ccccc1)C(N)=O. The van der Waals surface area contributed by atoms with E-state index in [1.165, 1.54) is 6.92 Å². The van der Waals surface area contributed by atoms with Gasteiger partial charge in [0, 0.05) is 13.1 Å². The predicted molar refractivity (Wildman–Crippen MR) is 114 cm³/mol. The van der Waals surface area contributed by atoms with E-state index in [9.17, 15) is 19.2 Å². The van der Waals surface area contributed by atoms with E-state index >= 15 is 0 Å². The number of hydrogen-bond acceptors (Lipinski definition) is 5. The molecule has 0 bridgehead atoms. The number of rotatable bonds is 9. The highest BCUT2D eigenvalue weighted by molar-refractivity contribution is 5.98. The standard InChI is InChI=1S/C22H30N4O5/c1-15(27)24-13-19(20(23)28)25-21(29)18(12-16-8-4-2-5-9-16)26-22(30)31-14-17-10-6-3-7-11-17/h3,6-7,10-11,13,16,18H,2,4-5,8-9,12,14H2,1H3,(H2,23,28)(H,24,27)(H,25,29)(H,26,30)/b19-13+/t18-/m0/s1. The van der Waals surface area contributed by atoms with Gasteiger partial charge < -0.3 is 26.4 Å². The lowest BCUT2D eigenvalue weighted by molar-refractivity contribution is -0.125. The molecule has 1 saturated carbocycles. The van der Waals surface area contributed by atoms with Gasteiger partial charge in [0.1, 0.15) is 18.3 Å². The number of carbonyl (C=O) groups excluding carboxylic acids is 4. The topological polar surface area (TPSA) is 140 Å². The Hall–Kier alpha value is -3.36. The summed E-state index contributed by atoms with van der Waals surface area (Å²) in [6, 6.07) is 8.27. The molecule has 1 aliphatic carbocycles. The third kappa shape index (κ3) is 8.90. The molecule has 1 aliphatic rings. The van der Waals surface area contributed by atoms with Crippen molar-refractivity contribution in [2.75, 3.05) is 0 Å². The number of nitrogens with one attached hydrogen (secondary N) is 3. The third-order valence-electron chi connectivity index (χ3n) is 5.06. The number of carbonyl (C=O) groups is 4. The molecule has 9 heteroatoms. The summed E-state index contributed by atoms with van der Waals surface area (Å²) in [5.74, 6) is -1.66. The van der Waals surface area contributed by atoms with Gasteiger partial charge >= 0.3 is 6.09 Å². The highest BCUT2D eigenvalue weighted by Crippen LogP contribution is 2.27. The van der Waals surface area contributed by atoms with E-state index in [1.54, 1.807) is 0 Å². The zero-order valence-electron chi connectivity index (χ0n) is 17.7. The fraction of sp³-hybridized carbons (Fsp3) is 0.455. The van der Waals surface area contributed by atoms with Crippen LogP contribution in [0.3, 0.4) is 0 Å². The molecular formula is C22H30N4O5. The minimum absolute atomic E-state index is 0.0689. The smallest absolute Gasteiger partial charge is 0.408 e. The molecule has 0 radical (unpaired) electrons. The molecule has 9 nitrogen and oxygen atoms in total. The van der Waals surface area contributed by atoms with Gasteiger partial charge in [-0.3, -0.25) is 14.4 Å². The first-order valence-corrected chi connectivity index (χ1v) is 10.4. The van der Waals surface area contributed by atoms with Gasteiger partial charge in [-0.05, 0) is 17.9 Å². The fourth-order valence-corrected chi connectivity index (χ4v) is 3.46. The third-order valence-corrected chi connectivity index (χ3v) is 5.06. The Balaban J connectivity index is 2.04. The Bertz CT molecular complexity index is 803. The van der Waals surface area contributed by atoms with E-state index in [4.69, 9.17) is 10.5 Å². The first kappa shape index (κ1) is 23.9. The number of ether oxygens (including phenoxy) is 1. The van der Waals surface area contributed by atoms with Crippen LogP contribution in [0.4, 0.5) is 4.79 Å². The van der Waals surface area contributed by atoms with Gasteiger partial charge in [0.05, 0.1) is 0 Å². The van der Waals surface area contributed by atoms with Gasteiger partial charge in [-0.25, -0.2) is 4.79 Å². The van der Waals surface area contributed by atoms with Crippen LogP contribution < -0.4 is 21.7 Å². The molecule has 2 rings (SSSR count). The van der Waals surface area contributed by atoms with Crippen LogP contribution in [-0.4, -0.2) is 29.9 Å². The number of hydrogen-bond donors (Lipinski definition) is 4. The maximum absolute atomic E-state index is 12.8. The summed E-state index contributed by atoms with van der Waals surface area (Å²) in [6.07, 6.45) is 5.96. The Morgan fingerprint density at radius 2 is 1.81 bits per heavy atom. The van der Waals surface area contributed by atoms with E-state index in [-0.39, 0.29) is 18.2 Å². The van der Waals surface area contributed by atoms with Crippen molar-refractivity contribution in [2.45, 2.75) is 58.1 Å². The van der Waals surface area contributed by atoms with Crippen LogP contribution in [0.5, 0.6) is 0 Å². The van der Waals surface area contributed by atoms with Crippen molar-refractivity contribution in [2.24, 2.45) is 11.7 Å². The van der Waals surface area contributed by atoms with E-state index < -0.39 is 29.9 Å². The molecule has 0 heterocycles. The van der Waals surface area contributed by atoms with E-state index in [0.29, 0.717) is 6.42 Å². The first-order valence-electron chi connectivity index (χ1n) is 10.4. The van der Waals surface area contributed by atoms with Crippen molar-refractivity contribution >= 4 is 23.8 Å². The van der Waals surface area contributed by atoms with Crippen LogP contribution in [0.25, 0.3) is 0 Å². The molecule has 1 aromatic carbocycles. The number of primary amides is 1. The summed E-state index contributed by atoms with van der Waals surface area (Å²) in [6.45, 7) is 1.33. The van der Waals surface area contributed by atoms with Gasteiger partial charge in [0.15, 0.2) is 0 Å². The average molecular weight is 431 g/mol. The van der Waals surface area contributed by atoms with Crippen LogP contribution in [0.15, 0.2) is 42.2 Å². The zero-order chi connectivity index (χ0) is 22.6. The molecule has 0 aromatic heterocycles. The second kappa shape index (κ2) is 12.4. The molecule has 1 fully saturated rings. The van der Waals surface area contributed by atoms with Crippen molar-refractivity contribution in [1.29, 1.82) is 0 Å². The van der Waals surface area contributed by atoms with Gasteiger partial charge in [-0.1, -0.05) is 62.4 Å². The Labute approximate surface area is 181 Å². The summed E-state index contributed by atoms with van der Waals surface area (Å²) in [5, 5.41) is 7.31. The number of nitrogens with two attached hydrogens (primary N) is 1. The van der Waals surface area contributed by atoms with Crippen LogP contribution in [-0.2, 0) is 25.7 Å². The van der Waals surface area contributed by atoms with Gasteiger partial charge in [-0.15, -0.1) is 0 Å². The maximum Gasteiger partial charge on any atom is 0.408 e. The van der Waals surface area contributed by atoms with Crippen molar-refractivity contribution in [1.82, 2.24) is 16.0 Å². The molecule has 0 unspecified atom stereocenters. The normalized spacial score (nSPS) is 15.5. The van der Waals surface area contributed by atoms with E-state index in [0.717, 1.165) is 43.9 Å². The van der Waals surface area contributed by atoms with Crippen molar-refractivity contribution in [3.05, 3.63) is 47.8 Å². The summed E-state index contributed by atoms with van der Waals surface area (Å²) in [5.41, 5.74) is 5.83. The Morgan fingerprint density at radius 1 is 1.13 bits per heavy atom. The summed E-state index contributed by atoms with van der Waals surface area (Å²) < 4.78 is 5.24. The summed E-state index contributed by atoms with van der Waals surface area (Å²) >= 11 is 0. The van der Waals surface area contributed by atoms with Gasteiger partial charge in [-0.2, -0.15) is 0 Å². The quantitative estimate of drug-likeness (QED) is 0.443. The van der Waals surface area contributed by atoms with Gasteiger partial charge in [0.25, 0.3) is 5.91 Å². The van der Waals surface area contributed by atoms with Crippen LogP contribution in [0, 0.1) is 5.92 Å². The summed E-state index contributed by atoms with van der Waals surface area (Å²) in [7, 11) is 0. The fourth-order valence-electron chi connectivity index (χ4n) is 3.46. The highest BCUT2D eigenvalue weighted by atomic mass is 16.5. The lowest BCUT2D eigenvalue weighted by Gasteiger charge is -2.26. The Kier molecular flexibility index (Phi) is 9.54. The average Bonchev–Trinajstić information content (AvgIpc) is 2.75. The number of amides is 4. The zero-order valence-corrected chi connectivity index (χ0v) is 17.7. The van der Waals surface area contributed by atoms with Crippen LogP contribution in [0.1, 0.15) is 51.0 Å². The van der Waals surface area contributed by atoms with Crippen molar-refractivity contribution in [3.8, 4) is 0 Å². The Morgan fingerprint density at radius 3 is 2.42 bits per heavy atom. The minimum Gasteiger partial charge on any atom is -0.445 e. The number of benzene rings is 1. The van der Waals surface area contributed by atoms with Gasteiger partial charge in [0.2, 0.25) is 11.8 Å². The molecule has 5 N–H and O–H groups in total. The highest BCUT2D eigenvalue weighted by Gasteiger charge is 2.27. The first-order chi connectivity index (χ1) is 14.8. The molecule has 4 amide bonds. The minimum atomic E-state index is -0.912. The van der Waals surface area contributed by atoms with E-state index in [1.807, 2.05) is 30.3 Å².